The number of rotatable bonds is 10. The topological polar surface area (TPSA) is 119 Å². The van der Waals surface area contributed by atoms with Crippen LogP contribution in [0.2, 0.25) is 0 Å². The fraction of sp³-hybridized carbons (Fsp3) is 0.318. The molecule has 2 aromatic rings. The summed E-state index contributed by atoms with van der Waals surface area (Å²) in [4.78, 5) is 36.4. The highest BCUT2D eigenvalue weighted by Gasteiger charge is 2.25. The normalized spacial score (nSPS) is 11.4. The second-order valence-corrected chi connectivity index (χ2v) is 8.83. The first kappa shape index (κ1) is 26.9. The molecule has 0 spiro atoms. The van der Waals surface area contributed by atoms with E-state index in [2.05, 4.69) is 4.74 Å². The third-order valence-electron chi connectivity index (χ3n) is 4.68. The number of carbonyl (C=O) groups excluding carboxylic acids is 3. The molecule has 2 amide bonds. The molecule has 0 bridgehead atoms. The van der Waals surface area contributed by atoms with Gasteiger partial charge in [-0.15, -0.1) is 0 Å². The minimum atomic E-state index is -3.82. The quantitative estimate of drug-likeness (QED) is 0.500. The molecule has 2 aromatic carbocycles. The van der Waals surface area contributed by atoms with Gasteiger partial charge in [-0.25, -0.2) is 13.2 Å². The number of ether oxygens (including phenoxy) is 2. The predicted molar refractivity (Wildman–Crippen MR) is 117 cm³/mol. The summed E-state index contributed by atoms with van der Waals surface area (Å²) in [6.45, 7) is 1.67. The molecular formula is C22H24F2N2O7S. The van der Waals surface area contributed by atoms with Crippen molar-refractivity contribution in [2.75, 3.05) is 19.7 Å². The summed E-state index contributed by atoms with van der Waals surface area (Å²) in [6.07, 6.45) is 0. The molecule has 0 unspecified atom stereocenters. The Labute approximate surface area is 195 Å². The number of nitrogens with zero attached hydrogens (tertiary/aromatic N) is 1. The van der Waals surface area contributed by atoms with Crippen molar-refractivity contribution < 1.29 is 41.1 Å². The van der Waals surface area contributed by atoms with Crippen molar-refractivity contribution in [2.24, 2.45) is 0 Å². The molecule has 184 valence electrons. The van der Waals surface area contributed by atoms with Gasteiger partial charge in [-0.1, -0.05) is 19.9 Å². The summed E-state index contributed by atoms with van der Waals surface area (Å²) in [6, 6.07) is 8.62. The fourth-order valence-electron chi connectivity index (χ4n) is 2.94. The lowest BCUT2D eigenvalue weighted by molar-refractivity contribution is -0.123. The van der Waals surface area contributed by atoms with Crippen LogP contribution in [0.1, 0.15) is 40.1 Å². The zero-order valence-electron chi connectivity index (χ0n) is 18.7. The third kappa shape index (κ3) is 6.81. The summed E-state index contributed by atoms with van der Waals surface area (Å²) in [5, 5.41) is 1.99. The van der Waals surface area contributed by atoms with Crippen LogP contribution in [0.15, 0.2) is 47.4 Å². The zero-order valence-corrected chi connectivity index (χ0v) is 19.5. The molecule has 0 aliphatic heterocycles. The Bertz CT molecular complexity index is 1150. The van der Waals surface area contributed by atoms with E-state index in [0.717, 1.165) is 12.1 Å². The highest BCUT2D eigenvalue weighted by atomic mass is 32.2. The number of aryl methyl sites for hydroxylation is 1. The Morgan fingerprint density at radius 2 is 1.59 bits per heavy atom. The molecule has 0 fully saturated rings. The fourth-order valence-corrected chi connectivity index (χ4v) is 4.65. The third-order valence-corrected chi connectivity index (χ3v) is 6.87. The summed E-state index contributed by atoms with van der Waals surface area (Å²) >= 11 is 0. The van der Waals surface area contributed by atoms with Gasteiger partial charge < -0.3 is 9.47 Å². The second kappa shape index (κ2) is 11.7. The van der Waals surface area contributed by atoms with Gasteiger partial charge in [0.2, 0.25) is 10.0 Å². The van der Waals surface area contributed by atoms with Gasteiger partial charge in [0.25, 0.3) is 11.8 Å². The van der Waals surface area contributed by atoms with Crippen LogP contribution in [0, 0.1) is 6.92 Å². The maximum Gasteiger partial charge on any atom is 0.387 e. The van der Waals surface area contributed by atoms with E-state index in [9.17, 15) is 31.6 Å². The molecule has 34 heavy (non-hydrogen) atoms. The Hall–Kier alpha value is -3.38. The average Bonchev–Trinajstić information content (AvgIpc) is 2.78. The summed E-state index contributed by atoms with van der Waals surface area (Å²) in [7, 11) is -3.82. The minimum absolute atomic E-state index is 0.00826. The van der Waals surface area contributed by atoms with Crippen LogP contribution in [0.3, 0.4) is 0 Å². The highest BCUT2D eigenvalue weighted by molar-refractivity contribution is 7.89. The minimum Gasteiger partial charge on any atom is -0.452 e. The number of hydrogen-bond acceptors (Lipinski definition) is 7. The van der Waals surface area contributed by atoms with Crippen molar-refractivity contribution in [1.82, 2.24) is 9.62 Å². The van der Waals surface area contributed by atoms with Gasteiger partial charge in [0, 0.05) is 18.7 Å². The van der Waals surface area contributed by atoms with Crippen LogP contribution in [0.25, 0.3) is 0 Å². The Morgan fingerprint density at radius 3 is 2.15 bits per heavy atom. The van der Waals surface area contributed by atoms with E-state index in [1.165, 1.54) is 34.6 Å². The van der Waals surface area contributed by atoms with Crippen molar-refractivity contribution >= 4 is 27.8 Å². The van der Waals surface area contributed by atoms with Gasteiger partial charge in [-0.2, -0.15) is 13.1 Å². The number of carbonyl (C=O) groups is 3. The van der Waals surface area contributed by atoms with E-state index < -0.39 is 41.0 Å². The molecular weight excluding hydrogens is 474 g/mol. The number of alkyl halides is 2. The van der Waals surface area contributed by atoms with E-state index in [-0.39, 0.29) is 34.9 Å². The van der Waals surface area contributed by atoms with Crippen LogP contribution in [-0.2, 0) is 19.6 Å². The molecule has 0 saturated carbocycles. The van der Waals surface area contributed by atoms with Gasteiger partial charge in [0.1, 0.15) is 5.75 Å². The van der Waals surface area contributed by atoms with Crippen LogP contribution in [-0.4, -0.2) is 56.8 Å². The van der Waals surface area contributed by atoms with E-state index in [1.807, 2.05) is 5.32 Å². The molecule has 0 heterocycles. The van der Waals surface area contributed by atoms with Gasteiger partial charge in [-0.3, -0.25) is 14.9 Å². The first-order valence-electron chi connectivity index (χ1n) is 10.2. The number of amides is 2. The van der Waals surface area contributed by atoms with E-state index in [1.54, 1.807) is 20.8 Å². The maximum atomic E-state index is 12.8. The van der Waals surface area contributed by atoms with Crippen LogP contribution in [0.5, 0.6) is 5.75 Å². The molecule has 0 radical (unpaired) electrons. The van der Waals surface area contributed by atoms with E-state index in [0.29, 0.717) is 5.56 Å². The number of nitrogens with one attached hydrogen (secondary N) is 1. The molecule has 0 atom stereocenters. The molecule has 12 heteroatoms. The van der Waals surface area contributed by atoms with Crippen molar-refractivity contribution in [3.05, 3.63) is 59.2 Å². The molecule has 2 rings (SSSR count). The van der Waals surface area contributed by atoms with E-state index >= 15 is 0 Å². The first-order chi connectivity index (χ1) is 16.0. The number of hydrogen-bond donors (Lipinski definition) is 1. The lowest BCUT2D eigenvalue weighted by Gasteiger charge is -2.20. The van der Waals surface area contributed by atoms with Gasteiger partial charge in [0.05, 0.1) is 10.5 Å². The Kier molecular flexibility index (Phi) is 9.21. The number of sulfonamides is 1. The highest BCUT2D eigenvalue weighted by Crippen LogP contribution is 2.22. The second-order valence-electron chi connectivity index (χ2n) is 6.93. The molecule has 0 aliphatic rings. The summed E-state index contributed by atoms with van der Waals surface area (Å²) in [5.41, 5.74) is 0.355. The zero-order chi connectivity index (χ0) is 25.5. The van der Waals surface area contributed by atoms with Gasteiger partial charge in [0.15, 0.2) is 6.61 Å². The Morgan fingerprint density at radius 1 is 1.00 bits per heavy atom. The first-order valence-corrected chi connectivity index (χ1v) is 11.6. The largest absolute Gasteiger partial charge is 0.452 e. The van der Waals surface area contributed by atoms with Gasteiger partial charge in [-0.05, 0) is 48.9 Å². The van der Waals surface area contributed by atoms with Crippen molar-refractivity contribution in [2.45, 2.75) is 32.3 Å². The molecule has 0 saturated heterocycles. The summed E-state index contributed by atoms with van der Waals surface area (Å²) in [5.74, 6) is -2.89. The van der Waals surface area contributed by atoms with Crippen molar-refractivity contribution in [1.29, 1.82) is 0 Å². The predicted octanol–water partition coefficient (Wildman–Crippen LogP) is 2.74. The molecule has 1 N–H and O–H groups in total. The maximum absolute atomic E-state index is 12.8. The lowest BCUT2D eigenvalue weighted by Crippen LogP contribution is -2.34. The van der Waals surface area contributed by atoms with E-state index in [4.69, 9.17) is 4.74 Å². The number of esters is 1. The SMILES string of the molecule is CCN(CC)S(=O)(=O)c1cc(C(=O)OCC(=O)NC(=O)c2ccc(OC(F)F)cc2)ccc1C. The monoisotopic (exact) mass is 498 g/mol. The standard InChI is InChI=1S/C22H24F2N2O7S/c1-4-26(5-2)34(30,31)18-12-16(7-6-14(18)3)21(29)32-13-19(27)25-20(28)15-8-10-17(11-9-15)33-22(23)24/h6-12,22H,4-5,13H2,1-3H3,(H,25,27,28). The smallest absolute Gasteiger partial charge is 0.387 e. The molecule has 0 aliphatic carbocycles. The lowest BCUT2D eigenvalue weighted by atomic mass is 10.1. The van der Waals surface area contributed by atoms with Crippen LogP contribution < -0.4 is 10.1 Å². The van der Waals surface area contributed by atoms with Crippen LogP contribution >= 0.6 is 0 Å². The van der Waals surface area contributed by atoms with Crippen molar-refractivity contribution in [3.8, 4) is 5.75 Å². The molecule has 9 nitrogen and oxygen atoms in total. The average molecular weight is 499 g/mol. The Balaban J connectivity index is 2.01. The number of halogens is 2. The summed E-state index contributed by atoms with van der Waals surface area (Å²) < 4.78 is 60.3. The number of imide groups is 1. The molecule has 0 aromatic heterocycles. The van der Waals surface area contributed by atoms with Crippen molar-refractivity contribution in [3.63, 3.8) is 0 Å². The van der Waals surface area contributed by atoms with Crippen LogP contribution in [0.4, 0.5) is 8.78 Å². The number of benzene rings is 2. The van der Waals surface area contributed by atoms with Gasteiger partial charge >= 0.3 is 12.6 Å².